The molecule has 0 aliphatic heterocycles. The molecule has 13 heteroatoms. The van der Waals surface area contributed by atoms with E-state index in [1.54, 1.807) is 18.2 Å². The lowest BCUT2D eigenvalue weighted by Crippen LogP contribution is -2.13. The number of carbonyl (C=O) groups excluding carboxylic acids is 3. The number of phenolic OH excluding ortho intramolecular Hbond substituents is 2. The van der Waals surface area contributed by atoms with E-state index in [2.05, 4.69) is 30.6 Å². The molecule has 0 saturated carbocycles. The van der Waals surface area contributed by atoms with Gasteiger partial charge in [0.15, 0.2) is 10.8 Å². The Balaban J connectivity index is 1.10. The predicted molar refractivity (Wildman–Crippen MR) is 215 cm³/mol. The number of para-hydroxylation sites is 1. The van der Waals surface area contributed by atoms with Crippen LogP contribution in [0.15, 0.2) is 119 Å². The van der Waals surface area contributed by atoms with Crippen LogP contribution in [-0.4, -0.2) is 32.3 Å². The lowest BCUT2D eigenvalue weighted by atomic mass is 10.0. The van der Waals surface area contributed by atoms with E-state index in [1.165, 1.54) is 37.5 Å². The van der Waals surface area contributed by atoms with Gasteiger partial charge in [-0.2, -0.15) is 4.37 Å². The van der Waals surface area contributed by atoms with Crippen LogP contribution in [0.25, 0.3) is 21.7 Å². The van der Waals surface area contributed by atoms with Crippen LogP contribution in [0, 0.1) is 6.92 Å². The molecule has 0 fully saturated rings. The van der Waals surface area contributed by atoms with Gasteiger partial charge in [-0.25, -0.2) is 0 Å². The van der Waals surface area contributed by atoms with Gasteiger partial charge in [0.1, 0.15) is 17.2 Å². The van der Waals surface area contributed by atoms with Crippen LogP contribution in [0.1, 0.15) is 40.9 Å². The molecule has 55 heavy (non-hydrogen) atoms. The zero-order valence-electron chi connectivity index (χ0n) is 29.9. The molecule has 0 saturated heterocycles. The maximum absolute atomic E-state index is 13.4. The molecule has 3 amide bonds. The van der Waals surface area contributed by atoms with E-state index in [1.807, 2.05) is 85.8 Å². The molecule has 274 valence electrons. The summed E-state index contributed by atoms with van der Waals surface area (Å²) < 4.78 is 10.8. The largest absolute Gasteiger partial charge is 0.506 e. The van der Waals surface area contributed by atoms with E-state index in [9.17, 15) is 24.6 Å². The van der Waals surface area contributed by atoms with Gasteiger partial charge in [-0.1, -0.05) is 60.7 Å². The van der Waals surface area contributed by atoms with Crippen molar-refractivity contribution in [3.63, 3.8) is 0 Å². The number of amides is 3. The minimum absolute atomic E-state index is 0.0861. The third-order valence-corrected chi connectivity index (χ3v) is 9.43. The summed E-state index contributed by atoms with van der Waals surface area (Å²) in [4.78, 5) is 36.8. The number of ether oxygens (including phenoxy) is 1. The molecule has 0 unspecified atom stereocenters. The second kappa shape index (κ2) is 15.5. The van der Waals surface area contributed by atoms with Crippen molar-refractivity contribution in [3.8, 4) is 23.0 Å². The molecule has 1 heterocycles. The monoisotopic (exact) mass is 750 g/mol. The first kappa shape index (κ1) is 36.2. The highest BCUT2D eigenvalue weighted by molar-refractivity contribution is 7.11. The second-order valence-corrected chi connectivity index (χ2v) is 13.6. The number of aromatic hydroxyl groups is 2. The molecule has 5 N–H and O–H groups in total. The SMILES string of the molecule is CC(=O)Nc1cc(N=Nc2snc3ccc(Cc4ccc(Oc5cc(C(=O)Nc6ccccc6C)c(O)c6ccccc56)cc4)cc23)cc(NC(C)=O)c1O. The number of fused-ring (bicyclic) bond motifs is 2. The van der Waals surface area contributed by atoms with E-state index >= 15 is 0 Å². The minimum Gasteiger partial charge on any atom is -0.506 e. The van der Waals surface area contributed by atoms with Crippen LogP contribution >= 0.6 is 11.5 Å². The number of anilines is 3. The molecule has 0 aliphatic carbocycles. The number of hydrogen-bond acceptors (Lipinski definition) is 10. The second-order valence-electron chi connectivity index (χ2n) is 12.8. The van der Waals surface area contributed by atoms with Gasteiger partial charge in [0.2, 0.25) is 11.8 Å². The highest BCUT2D eigenvalue weighted by Gasteiger charge is 2.19. The average Bonchev–Trinajstić information content (AvgIpc) is 3.57. The number of hydrogen-bond donors (Lipinski definition) is 5. The standard InChI is InChI=1S/C42H34N6O6S/c1-23-8-4-7-11-34(23)45-41(53)33-22-38(30-9-5-6-10-31(30)39(33)51)54-29-15-12-26(13-16-29)18-27-14-17-35-32(19-27)42(55-48-35)47-46-28-20-36(43-24(2)49)40(52)37(21-28)44-25(3)50/h4-17,19-22,51-52H,18H2,1-3H3,(H,43,49)(H,44,50)(H,45,53). The predicted octanol–water partition coefficient (Wildman–Crippen LogP) is 10.1. The summed E-state index contributed by atoms with van der Waals surface area (Å²) in [7, 11) is 0. The van der Waals surface area contributed by atoms with Gasteiger partial charge in [0, 0.05) is 35.7 Å². The lowest BCUT2D eigenvalue weighted by Gasteiger charge is -2.15. The van der Waals surface area contributed by atoms with Crippen molar-refractivity contribution in [1.29, 1.82) is 0 Å². The maximum atomic E-state index is 13.4. The molecule has 6 aromatic carbocycles. The van der Waals surface area contributed by atoms with Crippen molar-refractivity contribution in [1.82, 2.24) is 4.37 Å². The number of benzene rings is 6. The lowest BCUT2D eigenvalue weighted by molar-refractivity contribution is -0.115. The summed E-state index contributed by atoms with van der Waals surface area (Å²) in [6, 6.07) is 32.7. The van der Waals surface area contributed by atoms with Crippen molar-refractivity contribution < 1.29 is 29.3 Å². The van der Waals surface area contributed by atoms with Crippen molar-refractivity contribution >= 4 is 78.7 Å². The van der Waals surface area contributed by atoms with Gasteiger partial charge in [-0.3, -0.25) is 14.4 Å². The molecule has 7 rings (SSSR count). The topological polar surface area (TPSA) is 175 Å². The van der Waals surface area contributed by atoms with Crippen LogP contribution in [0.5, 0.6) is 23.0 Å². The first-order valence-electron chi connectivity index (χ1n) is 17.1. The smallest absolute Gasteiger partial charge is 0.259 e. The summed E-state index contributed by atoms with van der Waals surface area (Å²) >= 11 is 1.18. The van der Waals surface area contributed by atoms with Crippen molar-refractivity contribution in [3.05, 3.63) is 131 Å². The maximum Gasteiger partial charge on any atom is 0.259 e. The Bertz CT molecular complexity index is 2620. The van der Waals surface area contributed by atoms with Gasteiger partial charge in [-0.15, -0.1) is 10.2 Å². The molecule has 12 nitrogen and oxygen atoms in total. The van der Waals surface area contributed by atoms with Gasteiger partial charge in [0.25, 0.3) is 5.91 Å². The van der Waals surface area contributed by atoms with Gasteiger partial charge in [-0.05, 0) is 90.1 Å². The van der Waals surface area contributed by atoms with Gasteiger partial charge < -0.3 is 30.9 Å². The molecule has 0 spiro atoms. The molecule has 0 atom stereocenters. The van der Waals surface area contributed by atoms with Gasteiger partial charge in [0.05, 0.1) is 28.1 Å². The van der Waals surface area contributed by atoms with Crippen molar-refractivity contribution in [2.45, 2.75) is 27.2 Å². The number of aromatic nitrogens is 1. The van der Waals surface area contributed by atoms with Crippen LogP contribution in [-0.2, 0) is 16.0 Å². The quantitative estimate of drug-likeness (QED) is 0.0683. The summed E-state index contributed by atoms with van der Waals surface area (Å²) in [5, 5.41) is 40.9. The van der Waals surface area contributed by atoms with E-state index in [-0.39, 0.29) is 28.4 Å². The number of nitrogens with zero attached hydrogens (tertiary/aromatic N) is 3. The number of phenols is 2. The fraction of sp³-hybridized carbons (Fsp3) is 0.0952. The fourth-order valence-corrected chi connectivity index (χ4v) is 6.72. The van der Waals surface area contributed by atoms with E-state index < -0.39 is 17.7 Å². The highest BCUT2D eigenvalue weighted by atomic mass is 32.1. The molecular weight excluding hydrogens is 717 g/mol. The Kier molecular flexibility index (Phi) is 10.2. The molecule has 1 aromatic heterocycles. The zero-order valence-corrected chi connectivity index (χ0v) is 30.7. The normalized spacial score (nSPS) is 11.2. The Morgan fingerprint density at radius 3 is 2.04 bits per heavy atom. The van der Waals surface area contributed by atoms with Gasteiger partial charge >= 0.3 is 0 Å². The minimum atomic E-state index is -0.451. The zero-order chi connectivity index (χ0) is 38.6. The molecular formula is C42H34N6O6S. The average molecular weight is 751 g/mol. The van der Waals surface area contributed by atoms with Crippen molar-refractivity contribution in [2.75, 3.05) is 16.0 Å². The van der Waals surface area contributed by atoms with Crippen LogP contribution < -0.4 is 20.7 Å². The van der Waals surface area contributed by atoms with Crippen molar-refractivity contribution in [2.24, 2.45) is 10.2 Å². The third-order valence-electron chi connectivity index (χ3n) is 8.67. The number of aryl methyl sites for hydroxylation is 1. The summed E-state index contributed by atoms with van der Waals surface area (Å²) in [5.74, 6) is -0.686. The highest BCUT2D eigenvalue weighted by Crippen LogP contribution is 2.40. The first-order valence-corrected chi connectivity index (χ1v) is 17.9. The molecule has 0 aliphatic rings. The Morgan fingerprint density at radius 2 is 1.35 bits per heavy atom. The number of azo groups is 1. The van der Waals surface area contributed by atoms with Crippen LogP contribution in [0.3, 0.4) is 0 Å². The number of rotatable bonds is 10. The Morgan fingerprint density at radius 1 is 0.691 bits per heavy atom. The van der Waals surface area contributed by atoms with E-state index in [0.29, 0.717) is 45.1 Å². The third kappa shape index (κ3) is 8.11. The summed E-state index contributed by atoms with van der Waals surface area (Å²) in [6.45, 7) is 4.51. The van der Waals surface area contributed by atoms with Crippen LogP contribution in [0.2, 0.25) is 0 Å². The summed E-state index contributed by atoms with van der Waals surface area (Å²) in [6.07, 6.45) is 0.603. The van der Waals surface area contributed by atoms with E-state index in [0.717, 1.165) is 27.6 Å². The number of nitrogens with one attached hydrogen (secondary N) is 3. The molecule has 0 radical (unpaired) electrons. The van der Waals surface area contributed by atoms with Crippen LogP contribution in [0.4, 0.5) is 27.8 Å². The number of carbonyl (C=O) groups is 3. The van der Waals surface area contributed by atoms with E-state index in [4.69, 9.17) is 4.74 Å². The molecule has 0 bridgehead atoms. The molecule has 7 aromatic rings. The fourth-order valence-electron chi connectivity index (χ4n) is 6.03. The first-order chi connectivity index (χ1) is 26.5. The Hall–Kier alpha value is -7.12. The Labute approximate surface area is 319 Å². The summed E-state index contributed by atoms with van der Waals surface area (Å²) in [5.41, 5.74) is 4.90.